The van der Waals surface area contributed by atoms with Gasteiger partial charge in [-0.3, -0.25) is 4.79 Å². The maximum atomic E-state index is 13.0. The molecule has 2 heterocycles. The molecular formula is C23H16ClIN2O. The van der Waals surface area contributed by atoms with E-state index >= 15 is 0 Å². The molecule has 0 radical (unpaired) electrons. The van der Waals surface area contributed by atoms with Crippen molar-refractivity contribution in [1.82, 2.24) is 5.32 Å². The van der Waals surface area contributed by atoms with E-state index in [2.05, 4.69) is 57.1 Å². The topological polar surface area (TPSA) is 32.3 Å². The number of carbonyl (C=O) groups excluding carboxylic acids is 1. The number of aryl methyl sites for hydroxylation is 1. The molecule has 2 aliphatic heterocycles. The SMILES string of the molecule is Cc1cc(Cl)cc2c1N1C(c3ccccc3)=C(I)c3ccccc3C1NC2=O. The molecule has 5 heteroatoms. The monoisotopic (exact) mass is 498 g/mol. The summed E-state index contributed by atoms with van der Waals surface area (Å²) in [6, 6.07) is 22.3. The minimum atomic E-state index is -0.259. The van der Waals surface area contributed by atoms with Crippen LogP contribution in [0.5, 0.6) is 0 Å². The third kappa shape index (κ3) is 2.58. The summed E-state index contributed by atoms with van der Waals surface area (Å²) in [6.07, 6.45) is -0.259. The van der Waals surface area contributed by atoms with E-state index in [4.69, 9.17) is 11.6 Å². The summed E-state index contributed by atoms with van der Waals surface area (Å²) < 4.78 is 1.16. The maximum Gasteiger partial charge on any atom is 0.255 e. The average molecular weight is 499 g/mol. The van der Waals surface area contributed by atoms with E-state index in [0.717, 1.165) is 37.2 Å². The second-order valence-corrected chi connectivity index (χ2v) is 8.50. The van der Waals surface area contributed by atoms with Crippen LogP contribution >= 0.6 is 34.2 Å². The van der Waals surface area contributed by atoms with Crippen LogP contribution in [0.15, 0.2) is 66.7 Å². The van der Waals surface area contributed by atoms with Gasteiger partial charge in [-0.1, -0.05) is 66.2 Å². The summed E-state index contributed by atoms with van der Waals surface area (Å²) in [7, 11) is 0. The van der Waals surface area contributed by atoms with E-state index in [1.165, 1.54) is 0 Å². The van der Waals surface area contributed by atoms with Gasteiger partial charge in [-0.05, 0) is 58.3 Å². The molecule has 5 rings (SSSR count). The minimum absolute atomic E-state index is 0.0963. The first-order chi connectivity index (χ1) is 13.6. The second-order valence-electron chi connectivity index (χ2n) is 6.98. The number of nitrogens with zero attached hydrogens (tertiary/aromatic N) is 1. The molecule has 3 aromatic carbocycles. The normalized spacial score (nSPS) is 17.6. The van der Waals surface area contributed by atoms with Crippen LogP contribution in [0.4, 0.5) is 5.69 Å². The number of carbonyl (C=O) groups is 1. The molecule has 138 valence electrons. The van der Waals surface area contributed by atoms with Gasteiger partial charge in [0.15, 0.2) is 0 Å². The fourth-order valence-corrected chi connectivity index (χ4v) is 5.45. The Hall–Kier alpha value is -2.31. The van der Waals surface area contributed by atoms with Crippen LogP contribution in [-0.4, -0.2) is 5.91 Å². The third-order valence-electron chi connectivity index (χ3n) is 5.26. The highest BCUT2D eigenvalue weighted by Gasteiger charge is 2.40. The van der Waals surface area contributed by atoms with Gasteiger partial charge in [0.25, 0.3) is 5.91 Å². The van der Waals surface area contributed by atoms with Gasteiger partial charge in [0.2, 0.25) is 0 Å². The molecule has 3 aromatic rings. The van der Waals surface area contributed by atoms with Crippen LogP contribution in [0.2, 0.25) is 5.02 Å². The van der Waals surface area contributed by atoms with Gasteiger partial charge in [0.1, 0.15) is 6.17 Å². The molecule has 1 amide bonds. The molecule has 1 unspecified atom stereocenters. The molecule has 0 aliphatic carbocycles. The van der Waals surface area contributed by atoms with Crippen LogP contribution < -0.4 is 10.2 Å². The van der Waals surface area contributed by atoms with E-state index in [1.54, 1.807) is 6.07 Å². The summed E-state index contributed by atoms with van der Waals surface area (Å²) in [5.41, 5.74) is 6.97. The van der Waals surface area contributed by atoms with Gasteiger partial charge in [-0.2, -0.15) is 0 Å². The highest BCUT2D eigenvalue weighted by molar-refractivity contribution is 14.1. The molecule has 0 saturated carbocycles. The number of halogens is 2. The first-order valence-electron chi connectivity index (χ1n) is 9.01. The van der Waals surface area contributed by atoms with Crippen molar-refractivity contribution in [2.45, 2.75) is 13.1 Å². The molecule has 0 saturated heterocycles. The van der Waals surface area contributed by atoms with Crippen molar-refractivity contribution >= 4 is 55.1 Å². The van der Waals surface area contributed by atoms with Gasteiger partial charge in [-0.15, -0.1) is 0 Å². The van der Waals surface area contributed by atoms with Crippen LogP contribution in [0.3, 0.4) is 0 Å². The number of benzene rings is 3. The lowest BCUT2D eigenvalue weighted by Crippen LogP contribution is -2.47. The fraction of sp³-hybridized carbons (Fsp3) is 0.0870. The fourth-order valence-electron chi connectivity index (χ4n) is 4.11. The number of anilines is 1. The van der Waals surface area contributed by atoms with Crippen molar-refractivity contribution in [3.63, 3.8) is 0 Å². The van der Waals surface area contributed by atoms with Gasteiger partial charge in [0, 0.05) is 14.2 Å². The van der Waals surface area contributed by atoms with E-state index in [9.17, 15) is 4.79 Å². The number of amides is 1. The minimum Gasteiger partial charge on any atom is -0.327 e. The Morgan fingerprint density at radius 1 is 1.00 bits per heavy atom. The lowest BCUT2D eigenvalue weighted by Gasteiger charge is -2.45. The van der Waals surface area contributed by atoms with Crippen molar-refractivity contribution in [3.8, 4) is 0 Å². The Morgan fingerprint density at radius 2 is 1.71 bits per heavy atom. The summed E-state index contributed by atoms with van der Waals surface area (Å²) in [5.74, 6) is -0.0963. The van der Waals surface area contributed by atoms with Crippen LogP contribution in [0, 0.1) is 6.92 Å². The Bertz CT molecular complexity index is 1160. The molecule has 0 spiro atoms. The Labute approximate surface area is 182 Å². The second kappa shape index (κ2) is 6.64. The molecule has 1 N–H and O–H groups in total. The zero-order valence-electron chi connectivity index (χ0n) is 15.0. The highest BCUT2D eigenvalue weighted by Crippen LogP contribution is 2.50. The molecule has 0 aromatic heterocycles. The van der Waals surface area contributed by atoms with E-state index < -0.39 is 0 Å². The standard InChI is InChI=1S/C23H16ClIN2O/c1-13-11-15(24)12-18-20(13)27-21(14-7-3-2-4-8-14)19(25)16-9-5-6-10-17(16)22(27)26-23(18)28/h2-12,22H,1H3,(H,26,28). The van der Waals surface area contributed by atoms with Gasteiger partial charge < -0.3 is 10.2 Å². The van der Waals surface area contributed by atoms with Gasteiger partial charge >= 0.3 is 0 Å². The number of nitrogens with one attached hydrogen (secondary N) is 1. The largest absolute Gasteiger partial charge is 0.327 e. The summed E-state index contributed by atoms with van der Waals surface area (Å²) >= 11 is 8.70. The van der Waals surface area contributed by atoms with E-state index in [-0.39, 0.29) is 12.1 Å². The molecule has 28 heavy (non-hydrogen) atoms. The lowest BCUT2D eigenvalue weighted by molar-refractivity contribution is 0.0929. The van der Waals surface area contributed by atoms with E-state index in [0.29, 0.717) is 10.6 Å². The molecule has 0 fully saturated rings. The first kappa shape index (κ1) is 17.8. The number of rotatable bonds is 1. The van der Waals surface area contributed by atoms with Gasteiger partial charge in [0.05, 0.1) is 16.9 Å². The summed E-state index contributed by atoms with van der Waals surface area (Å²) in [6.45, 7) is 2.01. The number of hydrogen-bond acceptors (Lipinski definition) is 2. The predicted molar refractivity (Wildman–Crippen MR) is 123 cm³/mol. The lowest BCUT2D eigenvalue weighted by atomic mass is 9.91. The molecule has 0 bridgehead atoms. The predicted octanol–water partition coefficient (Wildman–Crippen LogP) is 6.17. The van der Waals surface area contributed by atoms with Crippen molar-refractivity contribution in [2.75, 3.05) is 4.90 Å². The third-order valence-corrected chi connectivity index (χ3v) is 6.57. The first-order valence-corrected chi connectivity index (χ1v) is 10.5. The van der Waals surface area contributed by atoms with Crippen LogP contribution in [-0.2, 0) is 0 Å². The number of hydrogen-bond donors (Lipinski definition) is 1. The van der Waals surface area contributed by atoms with Crippen molar-refractivity contribution in [2.24, 2.45) is 0 Å². The zero-order valence-corrected chi connectivity index (χ0v) is 18.0. The van der Waals surface area contributed by atoms with Crippen LogP contribution in [0.1, 0.15) is 38.8 Å². The zero-order chi connectivity index (χ0) is 19.4. The van der Waals surface area contributed by atoms with Crippen molar-refractivity contribution < 1.29 is 4.79 Å². The maximum absolute atomic E-state index is 13.0. The quantitative estimate of drug-likeness (QED) is 0.407. The number of fused-ring (bicyclic) bond motifs is 5. The summed E-state index contributed by atoms with van der Waals surface area (Å²) in [4.78, 5) is 15.2. The van der Waals surface area contributed by atoms with Crippen molar-refractivity contribution in [3.05, 3.63) is 99.6 Å². The molecular weight excluding hydrogens is 483 g/mol. The molecule has 2 aliphatic rings. The Kier molecular flexibility index (Phi) is 4.21. The van der Waals surface area contributed by atoms with E-state index in [1.807, 2.05) is 43.3 Å². The Morgan fingerprint density at radius 3 is 2.50 bits per heavy atom. The van der Waals surface area contributed by atoms with Crippen LogP contribution in [0.25, 0.3) is 9.28 Å². The molecule has 1 atom stereocenters. The van der Waals surface area contributed by atoms with Crippen molar-refractivity contribution in [1.29, 1.82) is 0 Å². The van der Waals surface area contributed by atoms with Gasteiger partial charge in [-0.25, -0.2) is 0 Å². The highest BCUT2D eigenvalue weighted by atomic mass is 127. The summed E-state index contributed by atoms with van der Waals surface area (Å²) in [5, 5.41) is 3.77. The smallest absolute Gasteiger partial charge is 0.255 e. The molecule has 3 nitrogen and oxygen atoms in total. The average Bonchev–Trinajstić information content (AvgIpc) is 2.70. The Balaban J connectivity index is 1.87.